The van der Waals surface area contributed by atoms with E-state index in [1.807, 2.05) is 0 Å². The lowest BCUT2D eigenvalue weighted by Gasteiger charge is -1.97. The zero-order valence-electron chi connectivity index (χ0n) is 7.64. The first-order chi connectivity index (χ1) is 5.54. The minimum Gasteiger partial charge on any atom is -0.302 e. The first kappa shape index (κ1) is 11.0. The van der Waals surface area contributed by atoms with Gasteiger partial charge < -0.3 is 10.2 Å². The molecule has 0 unspecified atom stereocenters. The molecule has 0 aromatic rings. The molecular formula is C9H15NO2. The van der Waals surface area contributed by atoms with Crippen molar-refractivity contribution in [3.63, 3.8) is 0 Å². The predicted octanol–water partition coefficient (Wildman–Crippen LogP) is 1.74. The van der Waals surface area contributed by atoms with E-state index in [1.54, 1.807) is 6.92 Å². The maximum Gasteiger partial charge on any atom is 0.176 e. The number of rotatable bonds is 6. The summed E-state index contributed by atoms with van der Waals surface area (Å²) in [7, 11) is 0. The molecule has 12 heavy (non-hydrogen) atoms. The van der Waals surface area contributed by atoms with Gasteiger partial charge in [0, 0.05) is 12.8 Å². The van der Waals surface area contributed by atoms with Crippen LogP contribution in [-0.4, -0.2) is 17.3 Å². The molecule has 0 fully saturated rings. The summed E-state index contributed by atoms with van der Waals surface area (Å²) in [5, 5.41) is 7.00. The highest BCUT2D eigenvalue weighted by molar-refractivity contribution is 6.37. The summed E-state index contributed by atoms with van der Waals surface area (Å²) < 4.78 is 0. The smallest absolute Gasteiger partial charge is 0.176 e. The molecule has 0 aliphatic heterocycles. The number of nitrogens with one attached hydrogen (secondary N) is 1. The maximum absolute atomic E-state index is 10.9. The van der Waals surface area contributed by atoms with E-state index in [2.05, 4.69) is 0 Å². The van der Waals surface area contributed by atoms with Crippen molar-refractivity contribution in [3.8, 4) is 0 Å². The monoisotopic (exact) mass is 169 g/mol. The highest BCUT2D eigenvalue weighted by Gasteiger charge is 2.03. The molecule has 68 valence electrons. The van der Waals surface area contributed by atoms with Crippen LogP contribution < -0.4 is 0 Å². The van der Waals surface area contributed by atoms with Crippen LogP contribution in [-0.2, 0) is 9.59 Å². The van der Waals surface area contributed by atoms with Gasteiger partial charge in [0.15, 0.2) is 5.78 Å². The van der Waals surface area contributed by atoms with Crippen LogP contribution in [0.5, 0.6) is 0 Å². The fraction of sp³-hybridized carbons (Fsp3) is 0.667. The third-order valence-electron chi connectivity index (χ3n) is 1.60. The van der Waals surface area contributed by atoms with Gasteiger partial charge in [-0.1, -0.05) is 0 Å². The van der Waals surface area contributed by atoms with Crippen LogP contribution in [0.1, 0.15) is 39.5 Å². The van der Waals surface area contributed by atoms with Gasteiger partial charge in [0.25, 0.3) is 0 Å². The van der Waals surface area contributed by atoms with Gasteiger partial charge in [-0.3, -0.25) is 4.79 Å². The molecule has 0 rings (SSSR count). The molecular weight excluding hydrogens is 154 g/mol. The van der Waals surface area contributed by atoms with Gasteiger partial charge in [-0.25, -0.2) is 0 Å². The van der Waals surface area contributed by atoms with Gasteiger partial charge in [0.2, 0.25) is 0 Å². The van der Waals surface area contributed by atoms with E-state index in [9.17, 15) is 9.59 Å². The third-order valence-corrected chi connectivity index (χ3v) is 1.60. The Balaban J connectivity index is 3.38. The molecule has 0 aliphatic carbocycles. The van der Waals surface area contributed by atoms with Gasteiger partial charge >= 0.3 is 0 Å². The van der Waals surface area contributed by atoms with Crippen molar-refractivity contribution < 1.29 is 9.59 Å². The number of unbranched alkanes of at least 4 members (excludes halogenated alkanes) is 1. The van der Waals surface area contributed by atoms with E-state index in [0.29, 0.717) is 19.3 Å². The largest absolute Gasteiger partial charge is 0.302 e. The predicted molar refractivity (Wildman–Crippen MR) is 47.6 cm³/mol. The van der Waals surface area contributed by atoms with Gasteiger partial charge in [-0.2, -0.15) is 0 Å². The van der Waals surface area contributed by atoms with E-state index >= 15 is 0 Å². The lowest BCUT2D eigenvalue weighted by Crippen LogP contribution is -2.07. The van der Waals surface area contributed by atoms with Crippen molar-refractivity contribution in [2.24, 2.45) is 0 Å². The van der Waals surface area contributed by atoms with Crippen molar-refractivity contribution in [1.82, 2.24) is 0 Å². The molecule has 0 spiro atoms. The molecule has 1 N–H and O–H groups in total. The molecule has 3 heteroatoms. The minimum atomic E-state index is -0.112. The summed E-state index contributed by atoms with van der Waals surface area (Å²) in [4.78, 5) is 21.4. The van der Waals surface area contributed by atoms with E-state index in [1.165, 1.54) is 6.92 Å². The summed E-state index contributed by atoms with van der Waals surface area (Å²) in [5.74, 6) is 0.0487. The Morgan fingerprint density at radius 3 is 2.00 bits per heavy atom. The van der Waals surface area contributed by atoms with Crippen LogP contribution in [0, 0.1) is 5.41 Å². The molecule has 0 radical (unpaired) electrons. The second-order valence-corrected chi connectivity index (χ2v) is 2.96. The number of carbonyl (C=O) groups excluding carboxylic acids is 2. The van der Waals surface area contributed by atoms with Crippen LogP contribution in [0.3, 0.4) is 0 Å². The highest BCUT2D eigenvalue weighted by Crippen LogP contribution is 2.01. The zero-order chi connectivity index (χ0) is 9.56. The molecule has 0 saturated carbocycles. The lowest BCUT2D eigenvalue weighted by molar-refractivity contribution is -0.117. The Labute approximate surface area is 72.7 Å². The number of hydrogen-bond donors (Lipinski definition) is 1. The lowest BCUT2D eigenvalue weighted by atomic mass is 10.1. The Morgan fingerprint density at radius 2 is 1.58 bits per heavy atom. The topological polar surface area (TPSA) is 58.0 Å². The normalized spacial score (nSPS) is 9.50. The SMILES string of the molecule is CC(=N)C(=O)CCCCC(C)=O. The standard InChI is InChI=1S/C9H15NO2/c1-7(11)5-3-4-6-9(12)8(2)10/h10H,3-6H2,1-2H3. The molecule has 0 bridgehead atoms. The fourth-order valence-corrected chi connectivity index (χ4v) is 0.847. The van der Waals surface area contributed by atoms with Crippen LogP contribution in [0.2, 0.25) is 0 Å². The molecule has 0 atom stereocenters. The zero-order valence-corrected chi connectivity index (χ0v) is 7.64. The van der Waals surface area contributed by atoms with Crippen molar-refractivity contribution in [2.45, 2.75) is 39.5 Å². The molecule has 0 amide bonds. The van der Waals surface area contributed by atoms with Crippen LogP contribution in [0.15, 0.2) is 0 Å². The molecule has 0 aromatic carbocycles. The van der Waals surface area contributed by atoms with Gasteiger partial charge in [0.05, 0.1) is 5.71 Å². The molecule has 0 aromatic heterocycles. The number of hydrogen-bond acceptors (Lipinski definition) is 3. The van der Waals surface area contributed by atoms with Crippen molar-refractivity contribution >= 4 is 17.3 Å². The Kier molecular flexibility index (Phi) is 5.17. The first-order valence-corrected chi connectivity index (χ1v) is 4.12. The third kappa shape index (κ3) is 5.77. The Morgan fingerprint density at radius 1 is 1.08 bits per heavy atom. The average molecular weight is 169 g/mol. The molecule has 0 heterocycles. The highest BCUT2D eigenvalue weighted by atomic mass is 16.1. The second kappa shape index (κ2) is 5.63. The van der Waals surface area contributed by atoms with E-state index < -0.39 is 0 Å². The second-order valence-electron chi connectivity index (χ2n) is 2.96. The van der Waals surface area contributed by atoms with Crippen molar-refractivity contribution in [3.05, 3.63) is 0 Å². The Bertz CT molecular complexity index is 197. The van der Waals surface area contributed by atoms with Crippen LogP contribution in [0.4, 0.5) is 0 Å². The minimum absolute atomic E-state index is 0.109. The summed E-state index contributed by atoms with van der Waals surface area (Å²) >= 11 is 0. The quantitative estimate of drug-likeness (QED) is 0.486. The van der Waals surface area contributed by atoms with Crippen LogP contribution in [0.25, 0.3) is 0 Å². The summed E-state index contributed by atoms with van der Waals surface area (Å²) in [6.45, 7) is 3.04. The summed E-state index contributed by atoms with van der Waals surface area (Å²) in [6.07, 6.45) is 2.43. The Hall–Kier alpha value is -0.990. The van der Waals surface area contributed by atoms with Gasteiger partial charge in [0.1, 0.15) is 5.78 Å². The average Bonchev–Trinajstić information content (AvgIpc) is 1.97. The number of ketones is 2. The number of carbonyl (C=O) groups is 2. The first-order valence-electron chi connectivity index (χ1n) is 4.12. The van der Waals surface area contributed by atoms with Gasteiger partial charge in [-0.15, -0.1) is 0 Å². The van der Waals surface area contributed by atoms with E-state index in [-0.39, 0.29) is 17.3 Å². The maximum atomic E-state index is 10.9. The summed E-state index contributed by atoms with van der Waals surface area (Å²) in [5.41, 5.74) is 0.109. The van der Waals surface area contributed by atoms with Crippen molar-refractivity contribution in [2.75, 3.05) is 0 Å². The molecule has 3 nitrogen and oxygen atoms in total. The number of Topliss-reactive ketones (excluding diaryl/α,β-unsaturated/α-hetero) is 2. The molecule has 0 saturated heterocycles. The van der Waals surface area contributed by atoms with E-state index in [4.69, 9.17) is 5.41 Å². The van der Waals surface area contributed by atoms with Crippen LogP contribution >= 0.6 is 0 Å². The molecule has 0 aliphatic rings. The van der Waals surface area contributed by atoms with E-state index in [0.717, 1.165) is 6.42 Å². The fourth-order valence-electron chi connectivity index (χ4n) is 0.847. The van der Waals surface area contributed by atoms with Crippen molar-refractivity contribution in [1.29, 1.82) is 5.41 Å². The van der Waals surface area contributed by atoms with Gasteiger partial charge in [-0.05, 0) is 26.7 Å². The summed E-state index contributed by atoms with van der Waals surface area (Å²) in [6, 6.07) is 0.